The van der Waals surface area contributed by atoms with Crippen LogP contribution in [0.15, 0.2) is 12.7 Å². The van der Waals surface area contributed by atoms with Crippen molar-refractivity contribution in [2.24, 2.45) is 0 Å². The first kappa shape index (κ1) is 11.1. The average Bonchev–Trinajstić information content (AvgIpc) is 2.03. The van der Waals surface area contributed by atoms with E-state index in [0.29, 0.717) is 0 Å². The summed E-state index contributed by atoms with van der Waals surface area (Å²) in [5, 5.41) is 0. The lowest BCUT2D eigenvalue weighted by molar-refractivity contribution is 0.735. The summed E-state index contributed by atoms with van der Waals surface area (Å²) in [6.45, 7) is 5.94. The Kier molecular flexibility index (Phi) is 10.2. The van der Waals surface area contributed by atoms with Crippen molar-refractivity contribution >= 4 is 11.8 Å². The van der Waals surface area contributed by atoms with Gasteiger partial charge in [0.05, 0.1) is 0 Å². The van der Waals surface area contributed by atoms with E-state index < -0.39 is 0 Å². The first-order valence-electron chi connectivity index (χ1n) is 4.60. The van der Waals surface area contributed by atoms with Crippen molar-refractivity contribution in [3.05, 3.63) is 12.7 Å². The molecule has 0 bridgehead atoms. The summed E-state index contributed by atoms with van der Waals surface area (Å²) in [7, 11) is 0. The zero-order valence-corrected chi connectivity index (χ0v) is 8.46. The summed E-state index contributed by atoms with van der Waals surface area (Å²) in [6, 6.07) is 0. The third-order valence-corrected chi connectivity index (χ3v) is 2.82. The molecule has 0 unspecified atom stereocenters. The van der Waals surface area contributed by atoms with Crippen LogP contribution in [-0.2, 0) is 0 Å². The van der Waals surface area contributed by atoms with Gasteiger partial charge in [0.1, 0.15) is 0 Å². The summed E-state index contributed by atoms with van der Waals surface area (Å²) in [6.07, 6.45) is 8.62. The molecule has 0 aromatic carbocycles. The molecule has 0 amide bonds. The number of hydrogen-bond acceptors (Lipinski definition) is 1. The molecule has 0 spiro atoms. The Morgan fingerprint density at radius 1 is 1.18 bits per heavy atom. The Morgan fingerprint density at radius 3 is 2.64 bits per heavy atom. The van der Waals surface area contributed by atoms with Gasteiger partial charge in [-0.2, -0.15) is 11.8 Å². The number of rotatable bonds is 8. The third-order valence-electron chi connectivity index (χ3n) is 1.55. The molecule has 0 N–H and O–H groups in total. The highest BCUT2D eigenvalue weighted by atomic mass is 32.2. The molecule has 11 heavy (non-hydrogen) atoms. The van der Waals surface area contributed by atoms with E-state index in [9.17, 15) is 0 Å². The maximum absolute atomic E-state index is 3.70. The molecule has 0 aromatic rings. The molecular formula is C10H20S. The van der Waals surface area contributed by atoms with Crippen LogP contribution in [0.5, 0.6) is 0 Å². The molecule has 0 saturated carbocycles. The molecule has 1 heteroatoms. The summed E-state index contributed by atoms with van der Waals surface area (Å²) in [5.41, 5.74) is 0. The van der Waals surface area contributed by atoms with Gasteiger partial charge in [0.25, 0.3) is 0 Å². The van der Waals surface area contributed by atoms with Crippen LogP contribution in [0, 0.1) is 0 Å². The van der Waals surface area contributed by atoms with Crippen molar-refractivity contribution in [3.63, 3.8) is 0 Å². The highest BCUT2D eigenvalue weighted by molar-refractivity contribution is 7.99. The van der Waals surface area contributed by atoms with Gasteiger partial charge >= 0.3 is 0 Å². The van der Waals surface area contributed by atoms with E-state index in [0.717, 1.165) is 0 Å². The Hall–Kier alpha value is 0.0900. The van der Waals surface area contributed by atoms with Gasteiger partial charge in [-0.1, -0.05) is 19.4 Å². The molecule has 0 fully saturated rings. The minimum atomic E-state index is 1.19. The fraction of sp³-hybridized carbons (Fsp3) is 0.800. The molecule has 0 aliphatic heterocycles. The molecular weight excluding hydrogens is 152 g/mol. The topological polar surface area (TPSA) is 0 Å². The zero-order chi connectivity index (χ0) is 8.36. The average molecular weight is 172 g/mol. The lowest BCUT2D eigenvalue weighted by atomic mass is 10.2. The van der Waals surface area contributed by atoms with Crippen LogP contribution in [0.1, 0.15) is 39.0 Å². The van der Waals surface area contributed by atoms with Crippen LogP contribution in [0.2, 0.25) is 0 Å². The van der Waals surface area contributed by atoms with Gasteiger partial charge in [0.2, 0.25) is 0 Å². The van der Waals surface area contributed by atoms with Crippen LogP contribution < -0.4 is 0 Å². The Bertz CT molecular complexity index is 78.9. The molecule has 0 aliphatic carbocycles. The quantitative estimate of drug-likeness (QED) is 0.395. The Labute approximate surface area is 75.5 Å². The fourth-order valence-corrected chi connectivity index (χ4v) is 1.82. The van der Waals surface area contributed by atoms with E-state index >= 15 is 0 Å². The second-order valence-electron chi connectivity index (χ2n) is 2.75. The van der Waals surface area contributed by atoms with Gasteiger partial charge in [-0.05, 0) is 37.2 Å². The van der Waals surface area contributed by atoms with Gasteiger partial charge in [-0.15, -0.1) is 6.58 Å². The normalized spacial score (nSPS) is 9.91. The van der Waals surface area contributed by atoms with E-state index in [1.165, 1.54) is 43.6 Å². The molecule has 0 aliphatic rings. The van der Waals surface area contributed by atoms with Crippen LogP contribution in [-0.4, -0.2) is 11.5 Å². The maximum Gasteiger partial charge on any atom is -0.00675 e. The van der Waals surface area contributed by atoms with Crippen molar-refractivity contribution < 1.29 is 0 Å². The summed E-state index contributed by atoms with van der Waals surface area (Å²) < 4.78 is 0. The van der Waals surface area contributed by atoms with Crippen LogP contribution >= 0.6 is 11.8 Å². The molecule has 0 radical (unpaired) electrons. The van der Waals surface area contributed by atoms with E-state index in [-0.39, 0.29) is 0 Å². The monoisotopic (exact) mass is 172 g/mol. The van der Waals surface area contributed by atoms with Gasteiger partial charge in [0, 0.05) is 0 Å². The minimum Gasteiger partial charge on any atom is -0.162 e. The molecule has 0 saturated heterocycles. The smallest absolute Gasteiger partial charge is 0.00675 e. The minimum absolute atomic E-state index is 1.19. The number of unbranched alkanes of at least 4 members (excludes halogenated alkanes) is 3. The van der Waals surface area contributed by atoms with Crippen molar-refractivity contribution in [2.45, 2.75) is 39.0 Å². The molecule has 66 valence electrons. The van der Waals surface area contributed by atoms with Crippen molar-refractivity contribution in [3.8, 4) is 0 Å². The first-order chi connectivity index (χ1) is 5.41. The molecule has 0 heterocycles. The SMILES string of the molecule is C=CCCCCCSCCC. The zero-order valence-electron chi connectivity index (χ0n) is 7.64. The number of hydrogen-bond donors (Lipinski definition) is 0. The van der Waals surface area contributed by atoms with Gasteiger partial charge < -0.3 is 0 Å². The van der Waals surface area contributed by atoms with E-state index in [1.807, 2.05) is 6.08 Å². The molecule has 0 atom stereocenters. The number of allylic oxidation sites excluding steroid dienone is 1. The van der Waals surface area contributed by atoms with E-state index in [2.05, 4.69) is 25.3 Å². The summed E-state index contributed by atoms with van der Waals surface area (Å²) in [5.74, 6) is 2.69. The number of thioether (sulfide) groups is 1. The molecule has 0 nitrogen and oxygen atoms in total. The largest absolute Gasteiger partial charge is 0.162 e. The van der Waals surface area contributed by atoms with Crippen LogP contribution in [0.4, 0.5) is 0 Å². The molecule has 0 aromatic heterocycles. The summed E-state index contributed by atoms with van der Waals surface area (Å²) in [4.78, 5) is 0. The van der Waals surface area contributed by atoms with Gasteiger partial charge in [0.15, 0.2) is 0 Å². The van der Waals surface area contributed by atoms with E-state index in [4.69, 9.17) is 0 Å². The van der Waals surface area contributed by atoms with Gasteiger partial charge in [-0.25, -0.2) is 0 Å². The highest BCUT2D eigenvalue weighted by Crippen LogP contribution is 2.08. The first-order valence-corrected chi connectivity index (χ1v) is 5.76. The predicted octanol–water partition coefficient (Wildman–Crippen LogP) is 3.88. The van der Waals surface area contributed by atoms with Gasteiger partial charge in [-0.3, -0.25) is 0 Å². The van der Waals surface area contributed by atoms with Crippen molar-refractivity contribution in [2.75, 3.05) is 11.5 Å². The second kappa shape index (κ2) is 10.1. The lowest BCUT2D eigenvalue weighted by Gasteiger charge is -1.98. The van der Waals surface area contributed by atoms with Crippen molar-refractivity contribution in [1.29, 1.82) is 0 Å². The highest BCUT2D eigenvalue weighted by Gasteiger charge is 1.88. The van der Waals surface area contributed by atoms with Crippen LogP contribution in [0.3, 0.4) is 0 Å². The van der Waals surface area contributed by atoms with E-state index in [1.54, 1.807) is 0 Å². The van der Waals surface area contributed by atoms with Crippen molar-refractivity contribution in [1.82, 2.24) is 0 Å². The Balaban J connectivity index is 2.74. The fourth-order valence-electron chi connectivity index (χ4n) is 0.916. The van der Waals surface area contributed by atoms with Crippen LogP contribution in [0.25, 0.3) is 0 Å². The third kappa shape index (κ3) is 10.1. The standard InChI is InChI=1S/C10H20S/c1-3-5-6-7-8-10-11-9-4-2/h3H,1,4-10H2,2H3. The predicted molar refractivity (Wildman–Crippen MR) is 56.3 cm³/mol. The Morgan fingerprint density at radius 2 is 2.00 bits per heavy atom. The summed E-state index contributed by atoms with van der Waals surface area (Å²) >= 11 is 2.09. The maximum atomic E-state index is 3.70. The molecule has 0 rings (SSSR count). The lowest BCUT2D eigenvalue weighted by Crippen LogP contribution is -1.82. The second-order valence-corrected chi connectivity index (χ2v) is 3.98.